The van der Waals surface area contributed by atoms with Crippen molar-refractivity contribution in [1.82, 2.24) is 10.6 Å². The summed E-state index contributed by atoms with van der Waals surface area (Å²) in [6.45, 7) is 4.91. The molecule has 4 nitrogen and oxygen atoms in total. The summed E-state index contributed by atoms with van der Waals surface area (Å²) in [5.41, 5.74) is 0.987. The SMILES string of the molecule is CCNC(=O)C(C)Oc1c(Cl)cccc1CNC1CC1. The van der Waals surface area contributed by atoms with Gasteiger partial charge in [0, 0.05) is 24.7 Å². The summed E-state index contributed by atoms with van der Waals surface area (Å²) in [6.07, 6.45) is 1.90. The number of likely N-dealkylation sites (N-methyl/N-ethyl adjacent to an activating group) is 1. The van der Waals surface area contributed by atoms with Crippen molar-refractivity contribution in [2.75, 3.05) is 6.54 Å². The van der Waals surface area contributed by atoms with Gasteiger partial charge in [-0.25, -0.2) is 0 Å². The van der Waals surface area contributed by atoms with Crippen molar-refractivity contribution >= 4 is 17.5 Å². The summed E-state index contributed by atoms with van der Waals surface area (Å²) in [5, 5.41) is 6.71. The maximum atomic E-state index is 11.8. The van der Waals surface area contributed by atoms with Crippen molar-refractivity contribution in [3.8, 4) is 5.75 Å². The fourth-order valence-corrected chi connectivity index (χ4v) is 2.15. The number of ether oxygens (including phenoxy) is 1. The van der Waals surface area contributed by atoms with Crippen LogP contribution in [0.5, 0.6) is 5.75 Å². The molecule has 2 rings (SSSR count). The highest BCUT2D eigenvalue weighted by atomic mass is 35.5. The number of hydrogen-bond acceptors (Lipinski definition) is 3. The van der Waals surface area contributed by atoms with E-state index >= 15 is 0 Å². The molecule has 0 aromatic heterocycles. The van der Waals surface area contributed by atoms with Crippen molar-refractivity contribution in [3.63, 3.8) is 0 Å². The summed E-state index contributed by atoms with van der Waals surface area (Å²) in [5.74, 6) is 0.467. The Morgan fingerprint density at radius 3 is 2.90 bits per heavy atom. The fourth-order valence-electron chi connectivity index (χ4n) is 1.91. The summed E-state index contributed by atoms with van der Waals surface area (Å²) < 4.78 is 5.76. The molecule has 0 saturated heterocycles. The van der Waals surface area contributed by atoms with Crippen LogP contribution in [0.2, 0.25) is 5.02 Å². The smallest absolute Gasteiger partial charge is 0.260 e. The molecule has 1 saturated carbocycles. The molecule has 1 amide bonds. The molecule has 1 unspecified atom stereocenters. The van der Waals surface area contributed by atoms with E-state index in [1.165, 1.54) is 12.8 Å². The Labute approximate surface area is 124 Å². The van der Waals surface area contributed by atoms with Gasteiger partial charge in [-0.2, -0.15) is 0 Å². The van der Waals surface area contributed by atoms with Crippen molar-refractivity contribution in [1.29, 1.82) is 0 Å². The van der Waals surface area contributed by atoms with Gasteiger partial charge in [0.1, 0.15) is 5.75 Å². The number of para-hydroxylation sites is 1. The third-order valence-electron chi connectivity index (χ3n) is 3.22. The topological polar surface area (TPSA) is 50.4 Å². The van der Waals surface area contributed by atoms with Crippen molar-refractivity contribution < 1.29 is 9.53 Å². The van der Waals surface area contributed by atoms with Crippen LogP contribution >= 0.6 is 11.6 Å². The normalized spacial score (nSPS) is 15.8. The van der Waals surface area contributed by atoms with Gasteiger partial charge in [0.25, 0.3) is 5.91 Å². The zero-order valence-electron chi connectivity index (χ0n) is 11.9. The molecule has 0 radical (unpaired) electrons. The highest BCUT2D eigenvalue weighted by Crippen LogP contribution is 2.30. The Kier molecular flexibility index (Phi) is 5.26. The van der Waals surface area contributed by atoms with E-state index in [-0.39, 0.29) is 5.91 Å². The maximum Gasteiger partial charge on any atom is 0.260 e. The molecule has 1 aromatic rings. The van der Waals surface area contributed by atoms with Gasteiger partial charge in [-0.1, -0.05) is 23.7 Å². The summed E-state index contributed by atoms with van der Waals surface area (Å²) in [6, 6.07) is 6.27. The summed E-state index contributed by atoms with van der Waals surface area (Å²) in [4.78, 5) is 11.8. The Balaban J connectivity index is 2.05. The zero-order chi connectivity index (χ0) is 14.5. The second-order valence-corrected chi connectivity index (χ2v) is 5.45. The van der Waals surface area contributed by atoms with E-state index in [2.05, 4.69) is 10.6 Å². The Bertz CT molecular complexity index is 475. The highest BCUT2D eigenvalue weighted by Gasteiger charge is 2.22. The van der Waals surface area contributed by atoms with Crippen LogP contribution < -0.4 is 15.4 Å². The third kappa shape index (κ3) is 4.12. The number of benzene rings is 1. The van der Waals surface area contributed by atoms with Gasteiger partial charge in [0.05, 0.1) is 5.02 Å². The molecule has 1 aliphatic carbocycles. The van der Waals surface area contributed by atoms with Crippen molar-refractivity contribution in [2.24, 2.45) is 0 Å². The molecule has 110 valence electrons. The zero-order valence-corrected chi connectivity index (χ0v) is 12.7. The van der Waals surface area contributed by atoms with Gasteiger partial charge < -0.3 is 15.4 Å². The van der Waals surface area contributed by atoms with E-state index in [9.17, 15) is 4.79 Å². The molecule has 1 fully saturated rings. The molecule has 2 N–H and O–H groups in total. The van der Waals surface area contributed by atoms with Crippen LogP contribution in [-0.2, 0) is 11.3 Å². The van der Waals surface area contributed by atoms with Crippen LogP contribution in [0, 0.1) is 0 Å². The van der Waals surface area contributed by atoms with Gasteiger partial charge >= 0.3 is 0 Å². The van der Waals surface area contributed by atoms with E-state index in [1.54, 1.807) is 13.0 Å². The number of rotatable bonds is 7. The van der Waals surface area contributed by atoms with E-state index in [0.29, 0.717) is 29.9 Å². The standard InChI is InChI=1S/C15H21ClN2O2/c1-3-17-15(19)10(2)20-14-11(5-4-6-13(14)16)9-18-12-7-8-12/h4-6,10,12,18H,3,7-9H2,1-2H3,(H,17,19). The lowest BCUT2D eigenvalue weighted by atomic mass is 10.2. The summed E-state index contributed by atoms with van der Waals surface area (Å²) >= 11 is 6.20. The van der Waals surface area contributed by atoms with E-state index in [4.69, 9.17) is 16.3 Å². The number of hydrogen-bond donors (Lipinski definition) is 2. The van der Waals surface area contributed by atoms with Crippen LogP contribution in [0.1, 0.15) is 32.3 Å². The predicted octanol–water partition coefficient (Wildman–Crippen LogP) is 2.50. The first-order valence-corrected chi connectivity index (χ1v) is 7.44. The quantitative estimate of drug-likeness (QED) is 0.813. The first kappa shape index (κ1) is 15.1. The Morgan fingerprint density at radius 1 is 1.50 bits per heavy atom. The lowest BCUT2D eigenvalue weighted by Crippen LogP contribution is -2.36. The molecule has 0 aliphatic heterocycles. The second kappa shape index (κ2) is 6.95. The van der Waals surface area contributed by atoms with E-state index in [1.807, 2.05) is 19.1 Å². The first-order valence-electron chi connectivity index (χ1n) is 7.07. The van der Waals surface area contributed by atoms with Crippen molar-refractivity contribution in [2.45, 2.75) is 45.4 Å². The summed E-state index contributed by atoms with van der Waals surface area (Å²) in [7, 11) is 0. The molecule has 0 bridgehead atoms. The van der Waals surface area contributed by atoms with Crippen LogP contribution in [0.15, 0.2) is 18.2 Å². The molecule has 0 spiro atoms. The molecular weight excluding hydrogens is 276 g/mol. The predicted molar refractivity (Wildman–Crippen MR) is 80.1 cm³/mol. The number of amides is 1. The molecule has 20 heavy (non-hydrogen) atoms. The Morgan fingerprint density at radius 2 is 2.25 bits per heavy atom. The van der Waals surface area contributed by atoms with Gasteiger partial charge in [0.2, 0.25) is 0 Å². The molecule has 5 heteroatoms. The number of halogens is 1. The van der Waals surface area contributed by atoms with Crippen LogP contribution in [0.3, 0.4) is 0 Å². The molecule has 1 aliphatic rings. The van der Waals surface area contributed by atoms with Crippen LogP contribution in [0.4, 0.5) is 0 Å². The largest absolute Gasteiger partial charge is 0.479 e. The minimum Gasteiger partial charge on any atom is -0.479 e. The third-order valence-corrected chi connectivity index (χ3v) is 3.52. The van der Waals surface area contributed by atoms with E-state index < -0.39 is 6.10 Å². The minimum atomic E-state index is -0.561. The average Bonchev–Trinajstić information content (AvgIpc) is 3.23. The van der Waals surface area contributed by atoms with Gasteiger partial charge in [-0.05, 0) is 32.8 Å². The first-order chi connectivity index (χ1) is 9.61. The number of carbonyl (C=O) groups excluding carboxylic acids is 1. The molecule has 1 aromatic carbocycles. The maximum absolute atomic E-state index is 11.8. The Hall–Kier alpha value is -1.26. The van der Waals surface area contributed by atoms with Gasteiger partial charge in [0.15, 0.2) is 6.10 Å². The fraction of sp³-hybridized carbons (Fsp3) is 0.533. The second-order valence-electron chi connectivity index (χ2n) is 5.04. The highest BCUT2D eigenvalue weighted by molar-refractivity contribution is 6.32. The molecule has 0 heterocycles. The van der Waals surface area contributed by atoms with Crippen LogP contribution in [0.25, 0.3) is 0 Å². The molecule has 1 atom stereocenters. The van der Waals surface area contributed by atoms with E-state index in [0.717, 1.165) is 5.56 Å². The number of nitrogens with one attached hydrogen (secondary N) is 2. The minimum absolute atomic E-state index is 0.131. The van der Waals surface area contributed by atoms with Gasteiger partial charge in [-0.3, -0.25) is 4.79 Å². The number of carbonyl (C=O) groups is 1. The monoisotopic (exact) mass is 296 g/mol. The van der Waals surface area contributed by atoms with Crippen LogP contribution in [-0.4, -0.2) is 24.6 Å². The average molecular weight is 297 g/mol. The lowest BCUT2D eigenvalue weighted by molar-refractivity contribution is -0.127. The molecular formula is C15H21ClN2O2. The van der Waals surface area contributed by atoms with Crippen molar-refractivity contribution in [3.05, 3.63) is 28.8 Å². The van der Waals surface area contributed by atoms with Gasteiger partial charge in [-0.15, -0.1) is 0 Å². The lowest BCUT2D eigenvalue weighted by Gasteiger charge is -2.18.